The summed E-state index contributed by atoms with van der Waals surface area (Å²) in [6.07, 6.45) is -0.0482. The van der Waals surface area contributed by atoms with Crippen LogP contribution in [0.1, 0.15) is 27.2 Å². The van der Waals surface area contributed by atoms with Gasteiger partial charge in [0.1, 0.15) is 0 Å². The van der Waals surface area contributed by atoms with Crippen LogP contribution in [0.25, 0.3) is 0 Å². The van der Waals surface area contributed by atoms with Crippen molar-refractivity contribution in [3.05, 3.63) is 0 Å². The first kappa shape index (κ1) is 12.8. The predicted octanol–water partition coefficient (Wildman–Crippen LogP) is 2.39. The van der Waals surface area contributed by atoms with Gasteiger partial charge in [0.05, 0.1) is 18.8 Å². The Morgan fingerprint density at radius 3 is 2.47 bits per heavy atom. The fraction of sp³-hybridized carbons (Fsp3) is 1.00. The fourth-order valence-corrected chi connectivity index (χ4v) is 1.93. The molecule has 0 aromatic carbocycles. The van der Waals surface area contributed by atoms with E-state index < -0.39 is 5.92 Å². The first-order valence-corrected chi connectivity index (χ1v) is 5.38. The summed E-state index contributed by atoms with van der Waals surface area (Å²) >= 11 is 0. The van der Waals surface area contributed by atoms with E-state index in [-0.39, 0.29) is 24.5 Å². The Hall–Kier alpha value is -0.220. The van der Waals surface area contributed by atoms with Gasteiger partial charge in [0.2, 0.25) is 0 Å². The quantitative estimate of drug-likeness (QED) is 0.710. The second kappa shape index (κ2) is 4.34. The number of nitrogens with zero attached hydrogens (tertiary/aromatic N) is 1. The third-order valence-corrected chi connectivity index (χ3v) is 2.41. The maximum absolute atomic E-state index is 13.2. The average Bonchev–Trinajstić information content (AvgIpc) is 1.95. The van der Waals surface area contributed by atoms with E-state index in [2.05, 4.69) is 0 Å². The first-order valence-electron chi connectivity index (χ1n) is 5.38. The molecule has 0 bridgehead atoms. The summed E-state index contributed by atoms with van der Waals surface area (Å²) in [5.41, 5.74) is -0.245. The zero-order chi connectivity index (χ0) is 11.7. The van der Waals surface area contributed by atoms with E-state index in [1.54, 1.807) is 11.9 Å². The molecule has 0 aromatic rings. The summed E-state index contributed by atoms with van der Waals surface area (Å²) in [6, 6.07) is 0. The molecule has 1 rings (SSSR count). The van der Waals surface area contributed by atoms with Gasteiger partial charge >= 0.3 is 0 Å². The van der Waals surface area contributed by atoms with Crippen LogP contribution in [-0.2, 0) is 4.74 Å². The van der Waals surface area contributed by atoms with Gasteiger partial charge in [-0.1, -0.05) is 0 Å². The molecule has 0 spiro atoms. The zero-order valence-corrected chi connectivity index (χ0v) is 10.0. The summed E-state index contributed by atoms with van der Waals surface area (Å²) in [7, 11) is 1.73. The number of likely N-dealkylation sites (tertiary alicyclic amines) is 1. The van der Waals surface area contributed by atoms with Crippen molar-refractivity contribution in [3.8, 4) is 0 Å². The predicted molar refractivity (Wildman–Crippen MR) is 56.3 cm³/mol. The van der Waals surface area contributed by atoms with Crippen molar-refractivity contribution in [3.63, 3.8) is 0 Å². The number of alkyl halides is 2. The van der Waals surface area contributed by atoms with Gasteiger partial charge in [0.25, 0.3) is 5.92 Å². The van der Waals surface area contributed by atoms with E-state index in [1.807, 2.05) is 20.8 Å². The van der Waals surface area contributed by atoms with Gasteiger partial charge < -0.3 is 9.64 Å². The Bertz CT molecular complexity index is 213. The maximum atomic E-state index is 13.2. The molecule has 0 amide bonds. The molecule has 1 atom stereocenters. The van der Waals surface area contributed by atoms with E-state index >= 15 is 0 Å². The molecule has 0 N–H and O–H groups in total. The summed E-state index contributed by atoms with van der Waals surface area (Å²) in [6.45, 7) is 6.82. The Balaban J connectivity index is 2.42. The van der Waals surface area contributed by atoms with Crippen LogP contribution in [0.15, 0.2) is 0 Å². The largest absolute Gasteiger partial charge is 0.376 e. The van der Waals surface area contributed by atoms with Crippen LogP contribution in [-0.4, -0.2) is 43.2 Å². The normalized spacial score (nSPS) is 28.0. The Labute approximate surface area is 90.6 Å². The molecule has 1 aliphatic rings. The van der Waals surface area contributed by atoms with Gasteiger partial charge in [-0.15, -0.1) is 0 Å². The summed E-state index contributed by atoms with van der Waals surface area (Å²) in [5, 5.41) is 0. The monoisotopic (exact) mass is 221 g/mol. The van der Waals surface area contributed by atoms with Crippen LogP contribution in [0, 0.1) is 5.92 Å². The smallest absolute Gasteiger partial charge is 0.260 e. The van der Waals surface area contributed by atoms with Crippen molar-refractivity contribution >= 4 is 0 Å². The van der Waals surface area contributed by atoms with E-state index in [0.717, 1.165) is 0 Å². The van der Waals surface area contributed by atoms with Crippen molar-refractivity contribution in [1.29, 1.82) is 0 Å². The number of piperidine rings is 1. The molecule has 2 nitrogen and oxygen atoms in total. The standard InChI is InChI=1S/C11H21F2NO/c1-10(2,3)15-7-9-5-11(12,13)8-14(4)6-9/h9H,5-8H2,1-4H3/t9-/m1/s1. The Morgan fingerprint density at radius 1 is 1.40 bits per heavy atom. The lowest BCUT2D eigenvalue weighted by molar-refractivity contribution is -0.106. The molecule has 0 radical (unpaired) electrons. The van der Waals surface area contributed by atoms with Crippen LogP contribution in [0.2, 0.25) is 0 Å². The SMILES string of the molecule is CN1C[C@H](COC(C)(C)C)CC(F)(F)C1. The molecule has 1 heterocycles. The first-order chi connectivity index (χ1) is 6.68. The Morgan fingerprint density at radius 2 is 2.00 bits per heavy atom. The van der Waals surface area contributed by atoms with Gasteiger partial charge in [0, 0.05) is 18.9 Å². The van der Waals surface area contributed by atoms with Gasteiger partial charge in [-0.2, -0.15) is 0 Å². The number of hydrogen-bond acceptors (Lipinski definition) is 2. The van der Waals surface area contributed by atoms with E-state index in [9.17, 15) is 8.78 Å². The van der Waals surface area contributed by atoms with Crippen molar-refractivity contribution in [2.24, 2.45) is 5.92 Å². The highest BCUT2D eigenvalue weighted by atomic mass is 19.3. The molecule has 4 heteroatoms. The van der Waals surface area contributed by atoms with E-state index in [4.69, 9.17) is 4.74 Å². The lowest BCUT2D eigenvalue weighted by Crippen LogP contribution is -2.46. The fourth-order valence-electron chi connectivity index (χ4n) is 1.93. The van der Waals surface area contributed by atoms with Crippen molar-refractivity contribution in [2.45, 2.75) is 38.7 Å². The maximum Gasteiger partial charge on any atom is 0.260 e. The van der Waals surface area contributed by atoms with Crippen molar-refractivity contribution < 1.29 is 13.5 Å². The third kappa shape index (κ3) is 4.89. The lowest BCUT2D eigenvalue weighted by Gasteiger charge is -2.36. The van der Waals surface area contributed by atoms with Crippen molar-refractivity contribution in [1.82, 2.24) is 4.90 Å². The summed E-state index contributed by atoms with van der Waals surface area (Å²) < 4.78 is 32.0. The van der Waals surface area contributed by atoms with Gasteiger partial charge in [-0.25, -0.2) is 8.78 Å². The van der Waals surface area contributed by atoms with Gasteiger partial charge in [0.15, 0.2) is 0 Å². The minimum atomic E-state index is -2.56. The summed E-state index contributed by atoms with van der Waals surface area (Å²) in [5.74, 6) is -2.61. The molecule has 90 valence electrons. The number of halogens is 2. The highest BCUT2D eigenvalue weighted by Gasteiger charge is 2.39. The second-order valence-corrected chi connectivity index (χ2v) is 5.55. The van der Waals surface area contributed by atoms with Crippen LogP contribution < -0.4 is 0 Å². The molecular weight excluding hydrogens is 200 g/mol. The minimum absolute atomic E-state index is 0.0482. The molecule has 0 aliphatic carbocycles. The number of hydrogen-bond donors (Lipinski definition) is 0. The van der Waals surface area contributed by atoms with E-state index in [0.29, 0.717) is 13.2 Å². The second-order valence-electron chi connectivity index (χ2n) is 5.55. The third-order valence-electron chi connectivity index (χ3n) is 2.41. The highest BCUT2D eigenvalue weighted by molar-refractivity contribution is 4.83. The summed E-state index contributed by atoms with van der Waals surface area (Å²) in [4.78, 5) is 1.68. The van der Waals surface area contributed by atoms with Crippen LogP contribution in [0.4, 0.5) is 8.78 Å². The minimum Gasteiger partial charge on any atom is -0.376 e. The molecule has 0 saturated carbocycles. The Kier molecular flexibility index (Phi) is 3.71. The number of rotatable bonds is 2. The lowest BCUT2D eigenvalue weighted by atomic mass is 9.96. The van der Waals surface area contributed by atoms with Crippen molar-refractivity contribution in [2.75, 3.05) is 26.7 Å². The molecule has 1 saturated heterocycles. The van der Waals surface area contributed by atoms with Gasteiger partial charge in [-0.05, 0) is 27.8 Å². The average molecular weight is 221 g/mol. The van der Waals surface area contributed by atoms with Crippen LogP contribution in [0.5, 0.6) is 0 Å². The van der Waals surface area contributed by atoms with Crippen LogP contribution in [0.3, 0.4) is 0 Å². The van der Waals surface area contributed by atoms with E-state index in [1.165, 1.54) is 0 Å². The molecule has 1 aliphatic heterocycles. The molecular formula is C11H21F2NO. The highest BCUT2D eigenvalue weighted by Crippen LogP contribution is 2.30. The van der Waals surface area contributed by atoms with Crippen LogP contribution >= 0.6 is 0 Å². The molecule has 0 unspecified atom stereocenters. The molecule has 0 aromatic heterocycles. The zero-order valence-electron chi connectivity index (χ0n) is 10.0. The van der Waals surface area contributed by atoms with Gasteiger partial charge in [-0.3, -0.25) is 0 Å². The topological polar surface area (TPSA) is 12.5 Å². The molecule has 1 fully saturated rings. The molecule has 15 heavy (non-hydrogen) atoms. The number of ether oxygens (including phenoxy) is 1.